The number of aromatic carboxylic acids is 1. The predicted octanol–water partition coefficient (Wildman–Crippen LogP) is 1.17. The van der Waals surface area contributed by atoms with Crippen molar-refractivity contribution in [2.75, 3.05) is 0 Å². The predicted molar refractivity (Wildman–Crippen MR) is 48.8 cm³/mol. The zero-order valence-corrected chi connectivity index (χ0v) is 7.14. The molecule has 2 aromatic rings. The van der Waals surface area contributed by atoms with Gasteiger partial charge in [-0.1, -0.05) is 0 Å². The summed E-state index contributed by atoms with van der Waals surface area (Å²) < 4.78 is 0. The molecule has 0 fully saturated rings. The van der Waals surface area contributed by atoms with Gasteiger partial charge in [-0.2, -0.15) is 0 Å². The Morgan fingerprint density at radius 3 is 2.79 bits per heavy atom. The first-order valence-electron chi connectivity index (χ1n) is 3.97. The van der Waals surface area contributed by atoms with Crippen LogP contribution in [0.15, 0.2) is 30.7 Å². The van der Waals surface area contributed by atoms with Crippen molar-refractivity contribution in [3.05, 3.63) is 36.4 Å². The maximum atomic E-state index is 10.8. The summed E-state index contributed by atoms with van der Waals surface area (Å²) in [7, 11) is 0. The molecular formula is C9H7N3O2. The highest BCUT2D eigenvalue weighted by Gasteiger charge is 2.14. The standard InChI is InChI=1S/C9H7N3O2/c13-9(14)8-7(11-4-5-12-8)6-2-1-3-10-6/h1-5,10H,(H,13,14). The highest BCUT2D eigenvalue weighted by Crippen LogP contribution is 2.16. The van der Waals surface area contributed by atoms with Gasteiger partial charge in [0.15, 0.2) is 5.69 Å². The van der Waals surface area contributed by atoms with Crippen molar-refractivity contribution in [3.8, 4) is 11.4 Å². The Morgan fingerprint density at radius 2 is 2.14 bits per heavy atom. The average Bonchev–Trinajstić information content (AvgIpc) is 2.70. The molecule has 0 unspecified atom stereocenters. The van der Waals surface area contributed by atoms with Crippen molar-refractivity contribution in [2.45, 2.75) is 0 Å². The fourth-order valence-corrected chi connectivity index (χ4v) is 1.17. The fourth-order valence-electron chi connectivity index (χ4n) is 1.17. The molecule has 2 heterocycles. The van der Waals surface area contributed by atoms with Crippen LogP contribution in [0.1, 0.15) is 10.5 Å². The molecule has 5 nitrogen and oxygen atoms in total. The van der Waals surface area contributed by atoms with Gasteiger partial charge in [0.1, 0.15) is 5.69 Å². The van der Waals surface area contributed by atoms with E-state index in [4.69, 9.17) is 5.11 Å². The summed E-state index contributed by atoms with van der Waals surface area (Å²) in [5.74, 6) is -1.08. The van der Waals surface area contributed by atoms with Gasteiger partial charge in [0.25, 0.3) is 0 Å². The highest BCUT2D eigenvalue weighted by atomic mass is 16.4. The number of rotatable bonds is 2. The van der Waals surface area contributed by atoms with Crippen LogP contribution in [0.2, 0.25) is 0 Å². The van der Waals surface area contributed by atoms with Crippen LogP contribution in [0.3, 0.4) is 0 Å². The molecule has 0 bridgehead atoms. The summed E-state index contributed by atoms with van der Waals surface area (Å²) in [6.07, 6.45) is 4.52. The van der Waals surface area contributed by atoms with Crippen LogP contribution in [0.25, 0.3) is 11.4 Å². The Kier molecular flexibility index (Phi) is 1.98. The van der Waals surface area contributed by atoms with E-state index in [1.807, 2.05) is 0 Å². The molecule has 2 aromatic heterocycles. The normalized spacial score (nSPS) is 10.0. The quantitative estimate of drug-likeness (QED) is 0.743. The van der Waals surface area contributed by atoms with Crippen molar-refractivity contribution in [2.24, 2.45) is 0 Å². The van der Waals surface area contributed by atoms with Gasteiger partial charge in [-0.3, -0.25) is 4.98 Å². The minimum atomic E-state index is -1.08. The number of nitrogens with zero attached hydrogens (tertiary/aromatic N) is 2. The number of carbonyl (C=O) groups is 1. The van der Waals surface area contributed by atoms with Crippen molar-refractivity contribution in [3.63, 3.8) is 0 Å². The number of aromatic amines is 1. The second-order valence-corrected chi connectivity index (χ2v) is 2.64. The van der Waals surface area contributed by atoms with E-state index >= 15 is 0 Å². The molecule has 0 amide bonds. The number of hydrogen-bond donors (Lipinski definition) is 2. The summed E-state index contributed by atoms with van der Waals surface area (Å²) >= 11 is 0. The van der Waals surface area contributed by atoms with Gasteiger partial charge in [-0.25, -0.2) is 9.78 Å². The molecule has 0 aromatic carbocycles. The average molecular weight is 189 g/mol. The first-order chi connectivity index (χ1) is 6.79. The minimum absolute atomic E-state index is 0.0463. The van der Waals surface area contributed by atoms with Crippen LogP contribution in [-0.4, -0.2) is 26.0 Å². The zero-order valence-electron chi connectivity index (χ0n) is 7.14. The number of carboxylic acids is 1. The second-order valence-electron chi connectivity index (χ2n) is 2.64. The monoisotopic (exact) mass is 189 g/mol. The molecule has 0 aliphatic heterocycles. The number of H-pyrrole nitrogens is 1. The van der Waals surface area contributed by atoms with E-state index in [0.29, 0.717) is 11.4 Å². The number of nitrogens with one attached hydrogen (secondary N) is 1. The maximum absolute atomic E-state index is 10.8. The Morgan fingerprint density at radius 1 is 1.36 bits per heavy atom. The molecule has 0 atom stereocenters. The summed E-state index contributed by atoms with van der Waals surface area (Å²) in [4.78, 5) is 21.4. The third kappa shape index (κ3) is 1.35. The van der Waals surface area contributed by atoms with Crippen molar-refractivity contribution in [1.82, 2.24) is 15.0 Å². The topological polar surface area (TPSA) is 78.9 Å². The van der Waals surface area contributed by atoms with Crippen molar-refractivity contribution >= 4 is 5.97 Å². The SMILES string of the molecule is O=C(O)c1nccnc1-c1ccc[nH]1. The highest BCUT2D eigenvalue weighted by molar-refractivity contribution is 5.91. The summed E-state index contributed by atoms with van der Waals surface area (Å²) in [6, 6.07) is 3.52. The molecule has 2 rings (SSSR count). The molecule has 0 aliphatic rings. The number of carboxylic acid groups (broad SMARTS) is 1. The van der Waals surface area contributed by atoms with E-state index in [1.54, 1.807) is 18.3 Å². The first-order valence-corrected chi connectivity index (χ1v) is 3.97. The molecular weight excluding hydrogens is 182 g/mol. The smallest absolute Gasteiger partial charge is 0.356 e. The van der Waals surface area contributed by atoms with Gasteiger partial charge in [-0.15, -0.1) is 0 Å². The third-order valence-electron chi connectivity index (χ3n) is 1.75. The second kappa shape index (κ2) is 3.29. The molecule has 14 heavy (non-hydrogen) atoms. The maximum Gasteiger partial charge on any atom is 0.356 e. The Bertz CT molecular complexity index is 451. The van der Waals surface area contributed by atoms with Gasteiger partial charge >= 0.3 is 5.97 Å². The van der Waals surface area contributed by atoms with Crippen LogP contribution in [-0.2, 0) is 0 Å². The minimum Gasteiger partial charge on any atom is -0.476 e. The third-order valence-corrected chi connectivity index (χ3v) is 1.75. The molecule has 0 spiro atoms. The molecule has 0 saturated heterocycles. The van der Waals surface area contributed by atoms with Crippen LogP contribution < -0.4 is 0 Å². The van der Waals surface area contributed by atoms with E-state index in [2.05, 4.69) is 15.0 Å². The lowest BCUT2D eigenvalue weighted by atomic mass is 10.2. The van der Waals surface area contributed by atoms with E-state index < -0.39 is 5.97 Å². The van der Waals surface area contributed by atoms with E-state index in [0.717, 1.165) is 0 Å². The summed E-state index contributed by atoms with van der Waals surface area (Å²) in [5.41, 5.74) is 0.954. The largest absolute Gasteiger partial charge is 0.476 e. The lowest BCUT2D eigenvalue weighted by molar-refractivity contribution is 0.0691. The first kappa shape index (κ1) is 8.43. The van der Waals surface area contributed by atoms with Gasteiger partial charge in [0.2, 0.25) is 0 Å². The van der Waals surface area contributed by atoms with Gasteiger partial charge < -0.3 is 10.1 Å². The van der Waals surface area contributed by atoms with E-state index in [9.17, 15) is 4.79 Å². The van der Waals surface area contributed by atoms with Crippen LogP contribution in [0, 0.1) is 0 Å². The molecule has 0 aliphatic carbocycles. The molecule has 5 heteroatoms. The Balaban J connectivity index is 2.58. The van der Waals surface area contributed by atoms with Gasteiger partial charge in [-0.05, 0) is 12.1 Å². The number of hydrogen-bond acceptors (Lipinski definition) is 3. The molecule has 2 N–H and O–H groups in total. The van der Waals surface area contributed by atoms with Crippen molar-refractivity contribution < 1.29 is 9.90 Å². The lowest BCUT2D eigenvalue weighted by Gasteiger charge is -2.00. The molecule has 0 saturated carbocycles. The van der Waals surface area contributed by atoms with Gasteiger partial charge in [0.05, 0.1) is 5.69 Å². The van der Waals surface area contributed by atoms with Crippen LogP contribution in [0.5, 0.6) is 0 Å². The Hall–Kier alpha value is -2.17. The Labute approximate surface area is 79.5 Å². The van der Waals surface area contributed by atoms with Crippen LogP contribution in [0.4, 0.5) is 0 Å². The number of aromatic nitrogens is 3. The van der Waals surface area contributed by atoms with E-state index in [-0.39, 0.29) is 5.69 Å². The molecule has 70 valence electrons. The van der Waals surface area contributed by atoms with E-state index in [1.165, 1.54) is 12.4 Å². The van der Waals surface area contributed by atoms with Crippen LogP contribution >= 0.6 is 0 Å². The lowest BCUT2D eigenvalue weighted by Crippen LogP contribution is -2.04. The fraction of sp³-hybridized carbons (Fsp3) is 0. The zero-order chi connectivity index (χ0) is 9.97. The van der Waals surface area contributed by atoms with Gasteiger partial charge in [0, 0.05) is 18.6 Å². The summed E-state index contributed by atoms with van der Waals surface area (Å²) in [6.45, 7) is 0. The molecule has 0 radical (unpaired) electrons. The summed E-state index contributed by atoms with van der Waals surface area (Å²) in [5, 5.41) is 8.85. The van der Waals surface area contributed by atoms with Crippen molar-refractivity contribution in [1.29, 1.82) is 0 Å².